The van der Waals surface area contributed by atoms with E-state index >= 15 is 0 Å². The third-order valence-corrected chi connectivity index (χ3v) is 3.43. The lowest BCUT2D eigenvalue weighted by molar-refractivity contribution is -0.115. The summed E-state index contributed by atoms with van der Waals surface area (Å²) < 4.78 is 7.24. The van der Waals surface area contributed by atoms with Crippen LogP contribution in [-0.4, -0.2) is 39.4 Å². The maximum Gasteiger partial charge on any atom is 0.231 e. The number of fused-ring (bicyclic) bond motifs is 1. The van der Waals surface area contributed by atoms with Gasteiger partial charge in [-0.25, -0.2) is 5.10 Å². The molecular formula is C15H17N5O2. The normalized spacial score (nSPS) is 11.0. The second-order valence-electron chi connectivity index (χ2n) is 4.92. The van der Waals surface area contributed by atoms with Crippen LogP contribution >= 0.6 is 0 Å². The first-order valence-electron chi connectivity index (χ1n) is 6.99. The van der Waals surface area contributed by atoms with E-state index in [0.717, 1.165) is 23.0 Å². The smallest absolute Gasteiger partial charge is 0.231 e. The molecule has 7 nitrogen and oxygen atoms in total. The Kier molecular flexibility index (Phi) is 4.15. The minimum absolute atomic E-state index is 0.133. The average molecular weight is 299 g/mol. The molecule has 1 amide bonds. The number of H-pyrrole nitrogens is 1. The number of hydrogen-bond acceptors (Lipinski definition) is 4. The largest absolute Gasteiger partial charge is 0.383 e. The van der Waals surface area contributed by atoms with Crippen molar-refractivity contribution in [3.05, 3.63) is 42.4 Å². The molecule has 0 bridgehead atoms. The lowest BCUT2D eigenvalue weighted by Gasteiger charge is -2.03. The van der Waals surface area contributed by atoms with Gasteiger partial charge in [0.05, 0.1) is 13.0 Å². The van der Waals surface area contributed by atoms with Gasteiger partial charge in [-0.15, -0.1) is 0 Å². The molecule has 1 aromatic carbocycles. The van der Waals surface area contributed by atoms with E-state index < -0.39 is 0 Å². The van der Waals surface area contributed by atoms with Gasteiger partial charge in [0.25, 0.3) is 0 Å². The summed E-state index contributed by atoms with van der Waals surface area (Å²) in [6.07, 6.45) is 3.64. The van der Waals surface area contributed by atoms with Gasteiger partial charge in [0.15, 0.2) is 0 Å². The van der Waals surface area contributed by atoms with Crippen molar-refractivity contribution in [2.75, 3.05) is 19.0 Å². The van der Waals surface area contributed by atoms with Gasteiger partial charge in [-0.3, -0.25) is 10.1 Å². The number of methoxy groups -OCH3 is 1. The molecule has 22 heavy (non-hydrogen) atoms. The zero-order valence-corrected chi connectivity index (χ0v) is 12.2. The molecule has 0 aliphatic heterocycles. The monoisotopic (exact) mass is 299 g/mol. The maximum atomic E-state index is 12.1. The van der Waals surface area contributed by atoms with Crippen LogP contribution in [0.15, 0.2) is 36.8 Å². The van der Waals surface area contributed by atoms with E-state index in [1.165, 1.54) is 6.33 Å². The van der Waals surface area contributed by atoms with Crippen LogP contribution in [0.4, 0.5) is 5.95 Å². The highest BCUT2D eigenvalue weighted by atomic mass is 16.5. The Bertz CT molecular complexity index is 763. The quantitative estimate of drug-likeness (QED) is 0.724. The van der Waals surface area contributed by atoms with E-state index in [9.17, 15) is 4.79 Å². The van der Waals surface area contributed by atoms with Crippen LogP contribution < -0.4 is 5.32 Å². The van der Waals surface area contributed by atoms with Crippen LogP contribution in [0.25, 0.3) is 10.9 Å². The third-order valence-electron chi connectivity index (χ3n) is 3.43. The number of para-hydroxylation sites is 1. The molecule has 0 radical (unpaired) electrons. The van der Waals surface area contributed by atoms with Crippen LogP contribution in [0.5, 0.6) is 0 Å². The highest BCUT2D eigenvalue weighted by Crippen LogP contribution is 2.22. The summed E-state index contributed by atoms with van der Waals surface area (Å²) in [6, 6.07) is 8.03. The topological polar surface area (TPSA) is 84.8 Å². The Morgan fingerprint density at radius 1 is 1.41 bits per heavy atom. The fourth-order valence-electron chi connectivity index (χ4n) is 2.45. The van der Waals surface area contributed by atoms with E-state index in [1.54, 1.807) is 7.11 Å². The highest BCUT2D eigenvalue weighted by Gasteiger charge is 2.12. The first kappa shape index (κ1) is 14.3. The number of carbonyl (C=O) groups excluding carboxylic acids is 1. The first-order chi connectivity index (χ1) is 10.8. The number of anilines is 1. The van der Waals surface area contributed by atoms with E-state index in [0.29, 0.717) is 12.6 Å². The minimum atomic E-state index is -0.133. The number of carbonyl (C=O) groups is 1. The van der Waals surface area contributed by atoms with Crippen molar-refractivity contribution in [1.29, 1.82) is 0 Å². The van der Waals surface area contributed by atoms with Crippen LogP contribution in [0.2, 0.25) is 0 Å². The maximum absolute atomic E-state index is 12.1. The van der Waals surface area contributed by atoms with Crippen molar-refractivity contribution in [3.63, 3.8) is 0 Å². The van der Waals surface area contributed by atoms with Crippen LogP contribution in [0.3, 0.4) is 0 Å². The zero-order chi connectivity index (χ0) is 15.4. The summed E-state index contributed by atoms with van der Waals surface area (Å²) in [6.45, 7) is 1.38. The number of rotatable bonds is 6. The molecule has 7 heteroatoms. The van der Waals surface area contributed by atoms with E-state index in [2.05, 4.69) is 25.1 Å². The molecule has 3 rings (SSSR count). The number of aromatic amines is 1. The number of benzene rings is 1. The van der Waals surface area contributed by atoms with Crippen molar-refractivity contribution in [2.45, 2.75) is 13.0 Å². The second-order valence-corrected chi connectivity index (χ2v) is 4.92. The lowest BCUT2D eigenvalue weighted by Crippen LogP contribution is -2.15. The Labute approximate surface area is 127 Å². The Balaban J connectivity index is 1.82. The van der Waals surface area contributed by atoms with Crippen molar-refractivity contribution < 1.29 is 9.53 Å². The van der Waals surface area contributed by atoms with Crippen molar-refractivity contribution >= 4 is 22.8 Å². The Morgan fingerprint density at radius 2 is 2.27 bits per heavy atom. The van der Waals surface area contributed by atoms with Gasteiger partial charge in [-0.05, 0) is 11.6 Å². The number of amides is 1. The van der Waals surface area contributed by atoms with Gasteiger partial charge in [-0.1, -0.05) is 18.2 Å². The summed E-state index contributed by atoms with van der Waals surface area (Å²) in [5.41, 5.74) is 2.07. The van der Waals surface area contributed by atoms with Crippen molar-refractivity contribution in [1.82, 2.24) is 19.7 Å². The predicted octanol–water partition coefficient (Wildman–Crippen LogP) is 1.59. The lowest BCUT2D eigenvalue weighted by atomic mass is 10.1. The van der Waals surface area contributed by atoms with Gasteiger partial charge in [0.2, 0.25) is 11.9 Å². The predicted molar refractivity (Wildman–Crippen MR) is 82.5 cm³/mol. The summed E-state index contributed by atoms with van der Waals surface area (Å²) in [7, 11) is 1.68. The van der Waals surface area contributed by atoms with Crippen molar-refractivity contribution in [3.8, 4) is 0 Å². The molecule has 0 unspecified atom stereocenters. The molecule has 0 saturated heterocycles. The van der Waals surface area contributed by atoms with Gasteiger partial charge in [-0.2, -0.15) is 10.1 Å². The van der Waals surface area contributed by atoms with Gasteiger partial charge in [0.1, 0.15) is 6.33 Å². The fraction of sp³-hybridized carbons (Fsp3) is 0.267. The molecule has 0 aliphatic carbocycles. The number of nitrogens with zero attached hydrogens (tertiary/aromatic N) is 3. The Morgan fingerprint density at radius 3 is 3.05 bits per heavy atom. The van der Waals surface area contributed by atoms with Gasteiger partial charge < -0.3 is 9.30 Å². The molecule has 2 heterocycles. The average Bonchev–Trinajstić information content (AvgIpc) is 3.14. The number of nitrogens with one attached hydrogen (secondary N) is 2. The fourth-order valence-corrected chi connectivity index (χ4v) is 2.45. The SMILES string of the molecule is COCCn1cc(CC(=O)Nc2ncn[nH]2)c2ccccc21. The van der Waals surface area contributed by atoms with E-state index in [-0.39, 0.29) is 12.3 Å². The molecule has 0 saturated carbocycles. The summed E-state index contributed by atoms with van der Waals surface area (Å²) in [5.74, 6) is 0.222. The first-order valence-corrected chi connectivity index (χ1v) is 6.99. The van der Waals surface area contributed by atoms with Crippen LogP contribution in [-0.2, 0) is 22.5 Å². The Hall–Kier alpha value is -2.67. The molecule has 0 aliphatic rings. The molecule has 0 fully saturated rings. The van der Waals surface area contributed by atoms with Crippen LogP contribution in [0, 0.1) is 0 Å². The highest BCUT2D eigenvalue weighted by molar-refractivity contribution is 5.94. The van der Waals surface area contributed by atoms with Crippen molar-refractivity contribution in [2.24, 2.45) is 0 Å². The van der Waals surface area contributed by atoms with E-state index in [4.69, 9.17) is 4.74 Å². The number of hydrogen-bond donors (Lipinski definition) is 2. The van der Waals surface area contributed by atoms with E-state index in [1.807, 2.05) is 30.5 Å². The third kappa shape index (κ3) is 2.99. The summed E-state index contributed by atoms with van der Waals surface area (Å²) in [5, 5.41) is 10.1. The van der Waals surface area contributed by atoms with Gasteiger partial charge in [0, 0.05) is 30.8 Å². The minimum Gasteiger partial charge on any atom is -0.383 e. The molecule has 2 aromatic heterocycles. The van der Waals surface area contributed by atoms with Crippen LogP contribution in [0.1, 0.15) is 5.56 Å². The second kappa shape index (κ2) is 6.40. The standard InChI is InChI=1S/C15H17N5O2/c1-22-7-6-20-9-11(12-4-2-3-5-13(12)20)8-14(21)18-15-16-10-17-19-15/h2-5,9-10H,6-8H2,1H3,(H2,16,17,18,19,21). The zero-order valence-electron chi connectivity index (χ0n) is 12.2. The number of aromatic nitrogens is 4. The molecule has 3 aromatic rings. The molecule has 0 spiro atoms. The van der Waals surface area contributed by atoms with Gasteiger partial charge >= 0.3 is 0 Å². The summed E-state index contributed by atoms with van der Waals surface area (Å²) >= 11 is 0. The summed E-state index contributed by atoms with van der Waals surface area (Å²) in [4.78, 5) is 16.0. The molecule has 2 N–H and O–H groups in total. The molecule has 0 atom stereocenters. The molecular weight excluding hydrogens is 282 g/mol. The number of ether oxygens (including phenoxy) is 1. The molecule has 114 valence electrons.